The van der Waals surface area contributed by atoms with E-state index >= 15 is 0 Å². The molecule has 140 valence electrons. The first-order valence-electron chi connectivity index (χ1n) is 9.30. The van der Waals surface area contributed by atoms with Gasteiger partial charge in [-0.2, -0.15) is 0 Å². The molecule has 26 heavy (non-hydrogen) atoms. The monoisotopic (exact) mass is 356 g/mol. The lowest BCUT2D eigenvalue weighted by Gasteiger charge is -2.22. The number of benzene rings is 2. The molecular weight excluding hydrogens is 328 g/mol. The highest BCUT2D eigenvalue weighted by Crippen LogP contribution is 2.20. The van der Waals surface area contributed by atoms with Crippen molar-refractivity contribution < 1.29 is 14.3 Å². The van der Waals surface area contributed by atoms with Gasteiger partial charge in [-0.05, 0) is 41.2 Å². The molecule has 2 aromatic carbocycles. The molecule has 1 amide bonds. The zero-order valence-electron chi connectivity index (χ0n) is 15.5. The first kappa shape index (κ1) is 18.8. The van der Waals surface area contributed by atoms with Crippen LogP contribution in [0.5, 0.6) is 0 Å². The van der Waals surface area contributed by atoms with E-state index in [-0.39, 0.29) is 11.9 Å². The molecule has 1 aliphatic heterocycles. The summed E-state index contributed by atoms with van der Waals surface area (Å²) in [6.07, 6.45) is 0.974. The number of hydrogen-bond donors (Lipinski definition) is 2. The van der Waals surface area contributed by atoms with Crippen LogP contribution in [-0.4, -0.2) is 30.9 Å². The molecule has 0 saturated carbocycles. The Kier molecular flexibility index (Phi) is 6.25. The maximum absolute atomic E-state index is 12.3. The Morgan fingerprint density at radius 2 is 2.04 bits per heavy atom. The lowest BCUT2D eigenvalue weighted by molar-refractivity contribution is -0.139. The summed E-state index contributed by atoms with van der Waals surface area (Å²) in [5.41, 5.74) is 7.05. The van der Waals surface area contributed by atoms with Crippen LogP contribution in [0.15, 0.2) is 42.5 Å². The molecule has 0 spiro atoms. The number of carbonyl (C=O) groups is 1. The van der Waals surface area contributed by atoms with Gasteiger partial charge in [-0.15, -0.1) is 0 Å². The number of amides is 1. The van der Waals surface area contributed by atoms with Crippen molar-refractivity contribution >= 4 is 16.7 Å². The van der Waals surface area contributed by atoms with Crippen LogP contribution in [0.25, 0.3) is 10.8 Å². The minimum atomic E-state index is -0.489. The second kappa shape index (κ2) is 8.62. The minimum Gasteiger partial charge on any atom is -0.350 e. The predicted octanol–water partition coefficient (Wildman–Crippen LogP) is 2.96. The van der Waals surface area contributed by atoms with E-state index < -0.39 is 12.3 Å². The third kappa shape index (κ3) is 4.81. The molecule has 1 heterocycles. The number of rotatable bonds is 7. The topological polar surface area (TPSA) is 73.6 Å². The van der Waals surface area contributed by atoms with Crippen LogP contribution >= 0.6 is 0 Å². The van der Waals surface area contributed by atoms with E-state index in [9.17, 15) is 4.79 Å². The van der Waals surface area contributed by atoms with E-state index in [0.717, 1.165) is 12.0 Å². The molecule has 3 N–H and O–H groups in total. The quantitative estimate of drug-likeness (QED) is 0.800. The van der Waals surface area contributed by atoms with Gasteiger partial charge in [-0.3, -0.25) is 4.79 Å². The summed E-state index contributed by atoms with van der Waals surface area (Å²) in [6, 6.07) is 13.9. The number of carbonyl (C=O) groups excluding carboxylic acids is 1. The van der Waals surface area contributed by atoms with Gasteiger partial charge >= 0.3 is 0 Å². The van der Waals surface area contributed by atoms with Gasteiger partial charge in [-0.1, -0.05) is 50.2 Å². The SMILES string of the molecule is CC(C)C[C@H](N)C(=O)N[C@H]1CCOC1OCc1ccc2ccccc2c1. The van der Waals surface area contributed by atoms with Crippen molar-refractivity contribution in [1.82, 2.24) is 5.32 Å². The molecule has 0 bridgehead atoms. The Morgan fingerprint density at radius 3 is 2.81 bits per heavy atom. The lowest BCUT2D eigenvalue weighted by atomic mass is 10.0. The van der Waals surface area contributed by atoms with Crippen molar-refractivity contribution in [3.8, 4) is 0 Å². The molecule has 0 aromatic heterocycles. The van der Waals surface area contributed by atoms with Crippen molar-refractivity contribution in [2.75, 3.05) is 6.61 Å². The Hall–Kier alpha value is -1.95. The van der Waals surface area contributed by atoms with Gasteiger partial charge in [0, 0.05) is 0 Å². The summed E-state index contributed by atoms with van der Waals surface area (Å²) in [5.74, 6) is 0.254. The Morgan fingerprint density at radius 1 is 1.27 bits per heavy atom. The summed E-state index contributed by atoms with van der Waals surface area (Å²) < 4.78 is 11.6. The third-order valence-electron chi connectivity index (χ3n) is 4.66. The zero-order chi connectivity index (χ0) is 18.5. The number of fused-ring (bicyclic) bond motifs is 1. The molecule has 1 unspecified atom stereocenters. The number of nitrogens with two attached hydrogens (primary N) is 1. The zero-order valence-corrected chi connectivity index (χ0v) is 15.5. The fraction of sp³-hybridized carbons (Fsp3) is 0.476. The molecule has 2 aromatic rings. The van der Waals surface area contributed by atoms with Crippen LogP contribution in [0.4, 0.5) is 0 Å². The lowest BCUT2D eigenvalue weighted by Crippen LogP contribution is -2.49. The molecule has 1 aliphatic rings. The third-order valence-corrected chi connectivity index (χ3v) is 4.66. The summed E-state index contributed by atoms with van der Waals surface area (Å²) >= 11 is 0. The molecule has 5 heteroatoms. The van der Waals surface area contributed by atoms with Crippen LogP contribution in [0.3, 0.4) is 0 Å². The van der Waals surface area contributed by atoms with E-state index in [1.54, 1.807) is 0 Å². The molecular formula is C21H28N2O3. The Labute approximate surface area is 154 Å². The van der Waals surface area contributed by atoms with Gasteiger partial charge in [0.05, 0.1) is 25.3 Å². The van der Waals surface area contributed by atoms with Gasteiger partial charge in [0.15, 0.2) is 6.29 Å². The first-order chi connectivity index (χ1) is 12.5. The van der Waals surface area contributed by atoms with Crippen molar-refractivity contribution in [2.24, 2.45) is 11.7 Å². The van der Waals surface area contributed by atoms with Gasteiger partial charge in [0.25, 0.3) is 0 Å². The average Bonchev–Trinajstić information content (AvgIpc) is 3.06. The molecule has 1 saturated heterocycles. The van der Waals surface area contributed by atoms with Crippen LogP contribution in [0, 0.1) is 5.92 Å². The molecule has 5 nitrogen and oxygen atoms in total. The number of nitrogens with one attached hydrogen (secondary N) is 1. The minimum absolute atomic E-state index is 0.131. The standard InChI is InChI=1S/C21H28N2O3/c1-14(2)11-18(22)20(24)23-19-9-10-25-21(19)26-13-15-7-8-16-5-3-4-6-17(16)12-15/h3-8,12,14,18-19,21H,9-11,13,22H2,1-2H3,(H,23,24)/t18-,19-,21?/m0/s1. The van der Waals surface area contributed by atoms with Crippen LogP contribution in [-0.2, 0) is 20.9 Å². The van der Waals surface area contributed by atoms with Crippen molar-refractivity contribution in [3.05, 3.63) is 48.0 Å². The molecule has 0 radical (unpaired) electrons. The van der Waals surface area contributed by atoms with Gasteiger partial charge in [-0.25, -0.2) is 0 Å². The molecule has 0 aliphatic carbocycles. The second-order valence-corrected chi connectivity index (χ2v) is 7.37. The van der Waals surface area contributed by atoms with Crippen molar-refractivity contribution in [1.29, 1.82) is 0 Å². The smallest absolute Gasteiger partial charge is 0.237 e. The van der Waals surface area contributed by atoms with E-state index in [0.29, 0.717) is 25.6 Å². The predicted molar refractivity (Wildman–Crippen MR) is 102 cm³/mol. The Balaban J connectivity index is 1.55. The fourth-order valence-corrected chi connectivity index (χ4v) is 3.28. The number of hydrogen-bond acceptors (Lipinski definition) is 4. The normalized spacial score (nSPS) is 21.2. The first-order valence-corrected chi connectivity index (χ1v) is 9.30. The highest BCUT2D eigenvalue weighted by atomic mass is 16.7. The maximum Gasteiger partial charge on any atom is 0.237 e. The second-order valence-electron chi connectivity index (χ2n) is 7.37. The largest absolute Gasteiger partial charge is 0.350 e. The highest BCUT2D eigenvalue weighted by molar-refractivity contribution is 5.83. The van der Waals surface area contributed by atoms with Gasteiger partial charge in [0.2, 0.25) is 5.91 Å². The summed E-state index contributed by atoms with van der Waals surface area (Å²) in [5, 5.41) is 5.38. The van der Waals surface area contributed by atoms with E-state index in [4.69, 9.17) is 15.2 Å². The van der Waals surface area contributed by atoms with Crippen molar-refractivity contribution in [3.63, 3.8) is 0 Å². The molecule has 1 fully saturated rings. The summed E-state index contributed by atoms with van der Waals surface area (Å²) in [6.45, 7) is 5.13. The van der Waals surface area contributed by atoms with Crippen LogP contribution in [0.2, 0.25) is 0 Å². The van der Waals surface area contributed by atoms with Gasteiger partial charge < -0.3 is 20.5 Å². The summed E-state index contributed by atoms with van der Waals surface area (Å²) in [7, 11) is 0. The van der Waals surface area contributed by atoms with Crippen molar-refractivity contribution in [2.45, 2.75) is 51.7 Å². The van der Waals surface area contributed by atoms with Gasteiger partial charge in [0.1, 0.15) is 0 Å². The van der Waals surface area contributed by atoms with E-state index in [1.807, 2.05) is 12.1 Å². The van der Waals surface area contributed by atoms with E-state index in [2.05, 4.69) is 49.5 Å². The summed E-state index contributed by atoms with van der Waals surface area (Å²) in [4.78, 5) is 12.3. The molecule has 3 rings (SSSR count). The number of ether oxygens (including phenoxy) is 2. The maximum atomic E-state index is 12.3. The fourth-order valence-electron chi connectivity index (χ4n) is 3.28. The van der Waals surface area contributed by atoms with Crippen LogP contribution < -0.4 is 11.1 Å². The highest BCUT2D eigenvalue weighted by Gasteiger charge is 2.31. The Bertz CT molecular complexity index is 747. The van der Waals surface area contributed by atoms with Crippen LogP contribution in [0.1, 0.15) is 32.3 Å². The average molecular weight is 356 g/mol. The van der Waals surface area contributed by atoms with E-state index in [1.165, 1.54) is 10.8 Å². The molecule has 3 atom stereocenters.